The molecule has 2 amide bonds. The molecule has 0 bridgehead atoms. The summed E-state index contributed by atoms with van der Waals surface area (Å²) >= 11 is 0. The van der Waals surface area contributed by atoms with Crippen molar-refractivity contribution in [2.24, 2.45) is 0 Å². The van der Waals surface area contributed by atoms with Gasteiger partial charge in [-0.3, -0.25) is 24.6 Å². The highest BCUT2D eigenvalue weighted by atomic mass is 16.6. The van der Waals surface area contributed by atoms with Crippen LogP contribution < -0.4 is 0 Å². The van der Waals surface area contributed by atoms with Crippen molar-refractivity contribution in [3.63, 3.8) is 0 Å². The monoisotopic (exact) mass is 407 g/mol. The van der Waals surface area contributed by atoms with Crippen LogP contribution in [0.25, 0.3) is 5.57 Å². The van der Waals surface area contributed by atoms with Crippen molar-refractivity contribution >= 4 is 23.1 Å². The molecule has 0 aromatic heterocycles. The fourth-order valence-corrected chi connectivity index (χ4v) is 3.94. The van der Waals surface area contributed by atoms with Crippen LogP contribution in [0.3, 0.4) is 0 Å². The maximum atomic E-state index is 13.2. The molecule has 0 saturated carbocycles. The molecular formula is C22H21N3O5. The molecule has 2 aliphatic heterocycles. The van der Waals surface area contributed by atoms with Crippen molar-refractivity contribution in [3.05, 3.63) is 81.0 Å². The smallest absolute Gasteiger partial charge is 0.277 e. The standard InChI is InChI=1S/C22H21N3O5/c1-30-13-12-24-21(26)19(16-6-8-18(9-7-16)25(28)29)20(22(24)27)23-11-10-15-4-2-3-5-17(15)14-23/h2-9H,10-14H2,1H3. The zero-order valence-electron chi connectivity index (χ0n) is 16.5. The summed E-state index contributed by atoms with van der Waals surface area (Å²) in [4.78, 5) is 40.0. The van der Waals surface area contributed by atoms with Crippen LogP contribution in [-0.2, 0) is 27.3 Å². The maximum Gasteiger partial charge on any atom is 0.277 e. The zero-order valence-corrected chi connectivity index (χ0v) is 16.5. The number of nitro benzene ring substituents is 1. The van der Waals surface area contributed by atoms with Crippen molar-refractivity contribution in [1.29, 1.82) is 0 Å². The first-order valence-corrected chi connectivity index (χ1v) is 9.67. The topological polar surface area (TPSA) is 93.0 Å². The number of nitrogens with zero attached hydrogens (tertiary/aromatic N) is 3. The van der Waals surface area contributed by atoms with E-state index in [-0.39, 0.29) is 30.3 Å². The van der Waals surface area contributed by atoms with Gasteiger partial charge in [-0.1, -0.05) is 24.3 Å². The largest absolute Gasteiger partial charge is 0.383 e. The lowest BCUT2D eigenvalue weighted by atomic mass is 9.98. The molecule has 0 spiro atoms. The number of imide groups is 1. The number of amides is 2. The first-order valence-electron chi connectivity index (χ1n) is 9.67. The van der Waals surface area contributed by atoms with E-state index in [1.165, 1.54) is 41.8 Å². The Labute approximate surface area is 173 Å². The average Bonchev–Trinajstić information content (AvgIpc) is 3.01. The van der Waals surface area contributed by atoms with E-state index in [9.17, 15) is 19.7 Å². The van der Waals surface area contributed by atoms with Gasteiger partial charge in [0, 0.05) is 32.3 Å². The van der Waals surface area contributed by atoms with E-state index in [1.807, 2.05) is 23.1 Å². The fourth-order valence-electron chi connectivity index (χ4n) is 3.94. The number of hydrogen-bond donors (Lipinski definition) is 0. The van der Waals surface area contributed by atoms with Crippen LogP contribution in [0.2, 0.25) is 0 Å². The van der Waals surface area contributed by atoms with Crippen LogP contribution >= 0.6 is 0 Å². The predicted octanol–water partition coefficient (Wildman–Crippen LogP) is 2.38. The summed E-state index contributed by atoms with van der Waals surface area (Å²) in [5.41, 5.74) is 3.41. The number of benzene rings is 2. The predicted molar refractivity (Wildman–Crippen MR) is 109 cm³/mol. The van der Waals surface area contributed by atoms with Crippen molar-refractivity contribution < 1.29 is 19.2 Å². The van der Waals surface area contributed by atoms with E-state index < -0.39 is 10.8 Å². The second-order valence-electron chi connectivity index (χ2n) is 7.22. The zero-order chi connectivity index (χ0) is 21.3. The Morgan fingerprint density at radius 1 is 1.03 bits per heavy atom. The summed E-state index contributed by atoms with van der Waals surface area (Å²) in [5, 5.41) is 11.0. The van der Waals surface area contributed by atoms with Gasteiger partial charge in [0.1, 0.15) is 5.70 Å². The van der Waals surface area contributed by atoms with Gasteiger partial charge in [-0.15, -0.1) is 0 Å². The first kappa shape index (κ1) is 19.8. The summed E-state index contributed by atoms with van der Waals surface area (Å²) in [6.07, 6.45) is 0.771. The molecule has 0 aliphatic carbocycles. The Kier molecular flexibility index (Phi) is 5.33. The minimum absolute atomic E-state index is 0.0687. The number of carbonyl (C=O) groups excluding carboxylic acids is 2. The quantitative estimate of drug-likeness (QED) is 0.415. The van der Waals surface area contributed by atoms with Gasteiger partial charge in [-0.25, -0.2) is 0 Å². The molecule has 2 aliphatic rings. The van der Waals surface area contributed by atoms with E-state index in [0.717, 1.165) is 12.0 Å². The van der Waals surface area contributed by atoms with Gasteiger partial charge >= 0.3 is 0 Å². The summed E-state index contributed by atoms with van der Waals surface area (Å²) in [7, 11) is 1.51. The maximum absolute atomic E-state index is 13.2. The second-order valence-corrected chi connectivity index (χ2v) is 7.22. The van der Waals surface area contributed by atoms with Gasteiger partial charge in [-0.05, 0) is 35.2 Å². The number of hydrogen-bond acceptors (Lipinski definition) is 6. The lowest BCUT2D eigenvalue weighted by molar-refractivity contribution is -0.384. The summed E-state index contributed by atoms with van der Waals surface area (Å²) in [6, 6.07) is 13.8. The van der Waals surface area contributed by atoms with E-state index in [2.05, 4.69) is 6.07 Å². The highest BCUT2D eigenvalue weighted by Gasteiger charge is 2.42. The molecule has 154 valence electrons. The van der Waals surface area contributed by atoms with E-state index in [4.69, 9.17) is 4.74 Å². The third kappa shape index (κ3) is 3.46. The number of rotatable bonds is 6. The number of carbonyl (C=O) groups is 2. The number of methoxy groups -OCH3 is 1. The Bertz CT molecular complexity index is 1040. The second kappa shape index (κ2) is 8.08. The Morgan fingerprint density at radius 2 is 1.73 bits per heavy atom. The molecule has 2 heterocycles. The highest BCUT2D eigenvalue weighted by molar-refractivity contribution is 6.35. The summed E-state index contributed by atoms with van der Waals surface area (Å²) in [5.74, 6) is -0.760. The van der Waals surface area contributed by atoms with E-state index in [0.29, 0.717) is 24.4 Å². The number of ether oxygens (including phenoxy) is 1. The Hall–Kier alpha value is -3.52. The summed E-state index contributed by atoms with van der Waals surface area (Å²) < 4.78 is 5.06. The molecule has 0 fully saturated rings. The van der Waals surface area contributed by atoms with Gasteiger partial charge in [-0.2, -0.15) is 0 Å². The molecule has 8 heteroatoms. The molecular weight excluding hydrogens is 386 g/mol. The number of fused-ring (bicyclic) bond motifs is 1. The minimum atomic E-state index is -0.493. The normalized spacial score (nSPS) is 16.3. The Morgan fingerprint density at radius 3 is 2.40 bits per heavy atom. The molecule has 30 heavy (non-hydrogen) atoms. The molecule has 0 radical (unpaired) electrons. The number of nitro groups is 1. The average molecular weight is 407 g/mol. The van der Waals surface area contributed by atoms with Gasteiger partial charge in [0.05, 0.1) is 23.6 Å². The molecule has 0 atom stereocenters. The molecule has 2 aromatic carbocycles. The van der Waals surface area contributed by atoms with Crippen LogP contribution in [0.4, 0.5) is 5.69 Å². The first-order chi connectivity index (χ1) is 14.5. The molecule has 4 rings (SSSR count). The highest BCUT2D eigenvalue weighted by Crippen LogP contribution is 2.34. The SMILES string of the molecule is COCCN1C(=O)C(c2ccc([N+](=O)[O-])cc2)=C(N2CCc3ccccc3C2)C1=O. The molecule has 0 unspecified atom stereocenters. The Balaban J connectivity index is 1.76. The van der Waals surface area contributed by atoms with E-state index in [1.54, 1.807) is 0 Å². The minimum Gasteiger partial charge on any atom is -0.383 e. The van der Waals surface area contributed by atoms with Crippen LogP contribution in [0.15, 0.2) is 54.2 Å². The van der Waals surface area contributed by atoms with Crippen LogP contribution in [-0.4, -0.2) is 53.3 Å². The van der Waals surface area contributed by atoms with Crippen LogP contribution in [0.1, 0.15) is 16.7 Å². The lowest BCUT2D eigenvalue weighted by Crippen LogP contribution is -2.38. The van der Waals surface area contributed by atoms with Crippen molar-refractivity contribution in [3.8, 4) is 0 Å². The van der Waals surface area contributed by atoms with Gasteiger partial charge in [0.25, 0.3) is 17.5 Å². The molecule has 8 nitrogen and oxygen atoms in total. The van der Waals surface area contributed by atoms with Crippen molar-refractivity contribution in [1.82, 2.24) is 9.80 Å². The fraction of sp³-hybridized carbons (Fsp3) is 0.273. The molecule has 0 N–H and O–H groups in total. The van der Waals surface area contributed by atoms with Gasteiger partial charge < -0.3 is 9.64 Å². The van der Waals surface area contributed by atoms with Crippen molar-refractivity contribution in [2.75, 3.05) is 26.8 Å². The van der Waals surface area contributed by atoms with E-state index >= 15 is 0 Å². The van der Waals surface area contributed by atoms with Crippen molar-refractivity contribution in [2.45, 2.75) is 13.0 Å². The van der Waals surface area contributed by atoms with Gasteiger partial charge in [0.15, 0.2) is 0 Å². The third-order valence-corrected chi connectivity index (χ3v) is 5.48. The third-order valence-electron chi connectivity index (χ3n) is 5.48. The summed E-state index contributed by atoms with van der Waals surface area (Å²) in [6.45, 7) is 1.53. The lowest BCUT2D eigenvalue weighted by Gasteiger charge is -2.31. The number of non-ortho nitro benzene ring substituents is 1. The molecule has 2 aromatic rings. The van der Waals surface area contributed by atoms with Crippen LogP contribution in [0, 0.1) is 10.1 Å². The molecule has 0 saturated heterocycles. The van der Waals surface area contributed by atoms with Crippen LogP contribution in [0.5, 0.6) is 0 Å². The van der Waals surface area contributed by atoms with Gasteiger partial charge in [0.2, 0.25) is 0 Å².